The summed E-state index contributed by atoms with van der Waals surface area (Å²) in [7, 11) is 0. The average Bonchev–Trinajstić information content (AvgIpc) is 2.58. The maximum atomic E-state index is 12.2. The van der Waals surface area contributed by atoms with Gasteiger partial charge in [0.25, 0.3) is 0 Å². The predicted molar refractivity (Wildman–Crippen MR) is 73.6 cm³/mol. The number of pyridine rings is 1. The molecule has 1 N–H and O–H groups in total. The van der Waals surface area contributed by atoms with Crippen molar-refractivity contribution >= 4 is 5.91 Å². The number of aryl methyl sites for hydroxylation is 1. The molecular weight excluding hydrogens is 240 g/mol. The molecule has 2 heterocycles. The van der Waals surface area contributed by atoms with Crippen molar-refractivity contribution < 1.29 is 9.90 Å². The van der Waals surface area contributed by atoms with E-state index in [2.05, 4.69) is 4.98 Å². The van der Waals surface area contributed by atoms with Gasteiger partial charge in [0.15, 0.2) is 0 Å². The fraction of sp³-hybridized carbons (Fsp3) is 0.600. The Morgan fingerprint density at radius 1 is 1.47 bits per heavy atom. The molecule has 1 amide bonds. The number of amides is 1. The molecule has 0 aromatic carbocycles. The summed E-state index contributed by atoms with van der Waals surface area (Å²) in [6, 6.07) is 3.89. The number of carbonyl (C=O) groups is 1. The van der Waals surface area contributed by atoms with Gasteiger partial charge < -0.3 is 10.0 Å². The third-order valence-corrected chi connectivity index (χ3v) is 3.77. The first-order valence-electron chi connectivity index (χ1n) is 6.96. The molecule has 0 aliphatic carbocycles. The molecule has 0 radical (unpaired) electrons. The maximum absolute atomic E-state index is 12.2. The molecule has 1 saturated heterocycles. The SMILES string of the molecule is CC1(O)CCCN(C(=O)CCc2cccnc2)CC1. The second-order valence-corrected chi connectivity index (χ2v) is 5.59. The zero-order chi connectivity index (χ0) is 13.7. The second kappa shape index (κ2) is 6.15. The van der Waals surface area contributed by atoms with Crippen LogP contribution in [-0.2, 0) is 11.2 Å². The van der Waals surface area contributed by atoms with Crippen LogP contribution < -0.4 is 0 Å². The fourth-order valence-electron chi connectivity index (χ4n) is 2.47. The Kier molecular flexibility index (Phi) is 4.53. The van der Waals surface area contributed by atoms with Crippen LogP contribution in [0.25, 0.3) is 0 Å². The molecule has 104 valence electrons. The molecule has 1 fully saturated rings. The summed E-state index contributed by atoms with van der Waals surface area (Å²) < 4.78 is 0. The third kappa shape index (κ3) is 4.31. The predicted octanol–water partition coefficient (Wildman–Crippen LogP) is 1.78. The highest BCUT2D eigenvalue weighted by Crippen LogP contribution is 2.21. The molecule has 0 saturated carbocycles. The molecular formula is C15H22N2O2. The molecule has 4 heteroatoms. The van der Waals surface area contributed by atoms with Crippen LogP contribution in [0.2, 0.25) is 0 Å². The molecule has 0 bridgehead atoms. The fourth-order valence-corrected chi connectivity index (χ4v) is 2.47. The van der Waals surface area contributed by atoms with Gasteiger partial charge in [0, 0.05) is 31.9 Å². The average molecular weight is 262 g/mol. The van der Waals surface area contributed by atoms with Crippen LogP contribution in [0, 0.1) is 0 Å². The van der Waals surface area contributed by atoms with Crippen molar-refractivity contribution in [2.45, 2.75) is 44.6 Å². The van der Waals surface area contributed by atoms with Crippen molar-refractivity contribution in [1.82, 2.24) is 9.88 Å². The molecule has 1 atom stereocenters. The van der Waals surface area contributed by atoms with E-state index in [0.717, 1.165) is 31.4 Å². The van der Waals surface area contributed by atoms with Gasteiger partial charge in [0.1, 0.15) is 0 Å². The molecule has 4 nitrogen and oxygen atoms in total. The monoisotopic (exact) mass is 262 g/mol. The van der Waals surface area contributed by atoms with E-state index in [9.17, 15) is 9.90 Å². The Hall–Kier alpha value is -1.42. The highest BCUT2D eigenvalue weighted by molar-refractivity contribution is 5.76. The van der Waals surface area contributed by atoms with E-state index in [1.807, 2.05) is 24.0 Å². The quantitative estimate of drug-likeness (QED) is 0.903. The van der Waals surface area contributed by atoms with Gasteiger partial charge in [0.2, 0.25) is 5.91 Å². The Bertz CT molecular complexity index is 417. The molecule has 1 unspecified atom stereocenters. The third-order valence-electron chi connectivity index (χ3n) is 3.77. The van der Waals surface area contributed by atoms with E-state index in [1.54, 1.807) is 12.4 Å². The minimum absolute atomic E-state index is 0.182. The first-order valence-corrected chi connectivity index (χ1v) is 6.96. The smallest absolute Gasteiger partial charge is 0.222 e. The van der Waals surface area contributed by atoms with E-state index < -0.39 is 5.60 Å². The standard InChI is InChI=1S/C15H22N2O2/c1-15(19)7-3-10-17(11-8-15)14(18)6-5-13-4-2-9-16-12-13/h2,4,9,12,19H,3,5-8,10-11H2,1H3. The highest BCUT2D eigenvalue weighted by atomic mass is 16.3. The number of hydrogen-bond donors (Lipinski definition) is 1. The first-order chi connectivity index (χ1) is 9.07. The van der Waals surface area contributed by atoms with Gasteiger partial charge in [-0.3, -0.25) is 9.78 Å². The van der Waals surface area contributed by atoms with Crippen LogP contribution in [0.4, 0.5) is 0 Å². The van der Waals surface area contributed by atoms with E-state index in [0.29, 0.717) is 19.4 Å². The lowest BCUT2D eigenvalue weighted by molar-refractivity contribution is -0.131. The van der Waals surface area contributed by atoms with Crippen LogP contribution in [-0.4, -0.2) is 39.6 Å². The van der Waals surface area contributed by atoms with Crippen molar-refractivity contribution in [3.05, 3.63) is 30.1 Å². The Balaban J connectivity index is 1.83. The van der Waals surface area contributed by atoms with Crippen molar-refractivity contribution in [2.24, 2.45) is 0 Å². The zero-order valence-corrected chi connectivity index (χ0v) is 11.5. The van der Waals surface area contributed by atoms with Gasteiger partial charge in [-0.2, -0.15) is 0 Å². The van der Waals surface area contributed by atoms with E-state index >= 15 is 0 Å². The van der Waals surface area contributed by atoms with Gasteiger partial charge in [-0.15, -0.1) is 0 Å². The summed E-state index contributed by atoms with van der Waals surface area (Å²) in [5.74, 6) is 0.182. The number of nitrogens with zero attached hydrogens (tertiary/aromatic N) is 2. The highest BCUT2D eigenvalue weighted by Gasteiger charge is 2.26. The van der Waals surface area contributed by atoms with Crippen LogP contribution in [0.3, 0.4) is 0 Å². The largest absolute Gasteiger partial charge is 0.390 e. The first kappa shape index (κ1) is 14.0. The molecule has 0 spiro atoms. The molecule has 1 aromatic heterocycles. The summed E-state index contributed by atoms with van der Waals surface area (Å²) in [4.78, 5) is 18.1. The van der Waals surface area contributed by atoms with Gasteiger partial charge in [0.05, 0.1) is 5.60 Å². The zero-order valence-electron chi connectivity index (χ0n) is 11.5. The number of likely N-dealkylation sites (tertiary alicyclic amines) is 1. The minimum Gasteiger partial charge on any atom is -0.390 e. The summed E-state index contributed by atoms with van der Waals surface area (Å²) in [6.45, 7) is 3.29. The number of rotatable bonds is 3. The van der Waals surface area contributed by atoms with Crippen molar-refractivity contribution in [3.63, 3.8) is 0 Å². The molecule has 1 aliphatic heterocycles. The molecule has 2 rings (SSSR count). The van der Waals surface area contributed by atoms with Gasteiger partial charge in [-0.25, -0.2) is 0 Å². The van der Waals surface area contributed by atoms with Crippen molar-refractivity contribution in [3.8, 4) is 0 Å². The Labute approximate surface area is 114 Å². The normalized spacial score (nSPS) is 24.0. The number of aliphatic hydroxyl groups is 1. The molecule has 19 heavy (non-hydrogen) atoms. The Morgan fingerprint density at radius 2 is 2.32 bits per heavy atom. The van der Waals surface area contributed by atoms with Gasteiger partial charge >= 0.3 is 0 Å². The molecule has 1 aromatic rings. The topological polar surface area (TPSA) is 53.4 Å². The van der Waals surface area contributed by atoms with E-state index in [4.69, 9.17) is 0 Å². The molecule has 1 aliphatic rings. The van der Waals surface area contributed by atoms with Crippen LogP contribution >= 0.6 is 0 Å². The van der Waals surface area contributed by atoms with Crippen molar-refractivity contribution in [2.75, 3.05) is 13.1 Å². The lowest BCUT2D eigenvalue weighted by Gasteiger charge is -2.22. The van der Waals surface area contributed by atoms with E-state index in [1.165, 1.54) is 0 Å². The van der Waals surface area contributed by atoms with Crippen LogP contribution in [0.1, 0.15) is 38.2 Å². The van der Waals surface area contributed by atoms with E-state index in [-0.39, 0.29) is 5.91 Å². The van der Waals surface area contributed by atoms with Crippen LogP contribution in [0.15, 0.2) is 24.5 Å². The number of carbonyl (C=O) groups excluding carboxylic acids is 1. The summed E-state index contributed by atoms with van der Waals surface area (Å²) in [5, 5.41) is 10.0. The van der Waals surface area contributed by atoms with Crippen molar-refractivity contribution in [1.29, 1.82) is 0 Å². The lowest BCUT2D eigenvalue weighted by Crippen LogP contribution is -2.33. The maximum Gasteiger partial charge on any atom is 0.222 e. The summed E-state index contributed by atoms with van der Waals surface area (Å²) in [6.07, 6.45) is 7.13. The summed E-state index contributed by atoms with van der Waals surface area (Å²) >= 11 is 0. The van der Waals surface area contributed by atoms with Crippen LogP contribution in [0.5, 0.6) is 0 Å². The number of hydrogen-bond acceptors (Lipinski definition) is 3. The Morgan fingerprint density at radius 3 is 3.05 bits per heavy atom. The van der Waals surface area contributed by atoms with Gasteiger partial charge in [-0.1, -0.05) is 6.07 Å². The van der Waals surface area contributed by atoms with Gasteiger partial charge in [-0.05, 0) is 44.2 Å². The summed E-state index contributed by atoms with van der Waals surface area (Å²) in [5.41, 5.74) is 0.482. The lowest BCUT2D eigenvalue weighted by atomic mass is 9.98. The minimum atomic E-state index is -0.613. The number of aromatic nitrogens is 1. The second-order valence-electron chi connectivity index (χ2n) is 5.59.